The zero-order valence-corrected chi connectivity index (χ0v) is 28.4. The second-order valence-electron chi connectivity index (χ2n) is 14.5. The summed E-state index contributed by atoms with van der Waals surface area (Å²) < 4.78 is 6.41. The highest BCUT2D eigenvalue weighted by molar-refractivity contribution is 6.11. The Kier molecular flexibility index (Phi) is 6.47. The van der Waals surface area contributed by atoms with Gasteiger partial charge in [-0.25, -0.2) is 0 Å². The summed E-state index contributed by atoms with van der Waals surface area (Å²) in [5, 5.41) is 6.42. The number of furan rings is 1. The average Bonchev–Trinajstić information content (AvgIpc) is 3.57. The summed E-state index contributed by atoms with van der Waals surface area (Å²) in [5.74, 6) is 1.36. The second-order valence-corrected chi connectivity index (χ2v) is 14.5. The van der Waals surface area contributed by atoms with E-state index in [4.69, 9.17) is 4.42 Å². The lowest BCUT2D eigenvalue weighted by Gasteiger charge is -2.25. The van der Waals surface area contributed by atoms with Gasteiger partial charge >= 0.3 is 0 Å². The fraction of sp³-hybridized carbons (Fsp3) is 0.191. The zero-order chi connectivity index (χ0) is 32.7. The van der Waals surface area contributed by atoms with Crippen LogP contribution in [0.3, 0.4) is 0 Å². The molecule has 0 saturated heterocycles. The van der Waals surface area contributed by atoms with Crippen molar-refractivity contribution >= 4 is 44.7 Å². The minimum absolute atomic E-state index is 0.0834. The van der Waals surface area contributed by atoms with Gasteiger partial charge in [-0.05, 0) is 127 Å². The normalized spacial score (nSPS) is 14.8. The van der Waals surface area contributed by atoms with Crippen LogP contribution in [0.4, 0.5) is 0 Å². The maximum atomic E-state index is 6.41. The summed E-state index contributed by atoms with van der Waals surface area (Å²) in [6, 6.07) is 36.7. The van der Waals surface area contributed by atoms with Gasteiger partial charge in [-0.3, -0.25) is 0 Å². The molecule has 234 valence electrons. The minimum Gasteiger partial charge on any atom is -0.460 e. The van der Waals surface area contributed by atoms with E-state index in [2.05, 4.69) is 156 Å². The summed E-state index contributed by atoms with van der Waals surface area (Å²) in [5.41, 5.74) is 15.7. The van der Waals surface area contributed by atoms with Crippen molar-refractivity contribution in [3.8, 4) is 33.4 Å². The Morgan fingerprint density at radius 2 is 1.40 bits per heavy atom. The number of hydrogen-bond acceptors (Lipinski definition) is 1. The first-order valence-electron chi connectivity index (χ1n) is 17.5. The molecule has 0 atom stereocenters. The van der Waals surface area contributed by atoms with Crippen LogP contribution in [0.15, 0.2) is 114 Å². The maximum absolute atomic E-state index is 6.41. The lowest BCUT2D eigenvalue weighted by atomic mass is 9.78. The highest BCUT2D eigenvalue weighted by atomic mass is 16.3. The minimum atomic E-state index is -0.0834. The Hall–Kier alpha value is -5.14. The van der Waals surface area contributed by atoms with E-state index < -0.39 is 0 Å². The Bertz CT molecular complexity index is 2510. The van der Waals surface area contributed by atoms with Crippen LogP contribution in [-0.2, 0) is 11.8 Å². The van der Waals surface area contributed by atoms with Crippen molar-refractivity contribution < 1.29 is 4.42 Å². The molecule has 1 heterocycles. The van der Waals surface area contributed by atoms with Crippen molar-refractivity contribution in [2.45, 2.75) is 58.8 Å². The lowest BCUT2D eigenvalue weighted by molar-refractivity contribution is 0.520. The highest BCUT2D eigenvalue weighted by Gasteiger charge is 2.36. The molecule has 1 aromatic heterocycles. The summed E-state index contributed by atoms with van der Waals surface area (Å²) in [7, 11) is 0. The summed E-state index contributed by atoms with van der Waals surface area (Å²) in [4.78, 5) is 0. The van der Waals surface area contributed by atoms with Gasteiger partial charge in [0.2, 0.25) is 0 Å². The van der Waals surface area contributed by atoms with E-state index in [1.807, 2.05) is 0 Å². The van der Waals surface area contributed by atoms with Crippen LogP contribution in [0.5, 0.6) is 0 Å². The van der Waals surface area contributed by atoms with Crippen molar-refractivity contribution in [2.75, 3.05) is 0 Å². The van der Waals surface area contributed by atoms with Crippen molar-refractivity contribution in [1.82, 2.24) is 0 Å². The van der Waals surface area contributed by atoms with E-state index in [0.29, 0.717) is 5.92 Å². The molecule has 0 spiro atoms. The van der Waals surface area contributed by atoms with Gasteiger partial charge in [0.25, 0.3) is 0 Å². The summed E-state index contributed by atoms with van der Waals surface area (Å²) in [6.07, 6.45) is 11.1. The number of hydrogen-bond donors (Lipinski definition) is 0. The number of allylic oxidation sites excluding steroid dienone is 2. The molecule has 0 amide bonds. The van der Waals surface area contributed by atoms with Gasteiger partial charge in [0, 0.05) is 22.3 Å². The third-order valence-electron chi connectivity index (χ3n) is 10.9. The van der Waals surface area contributed by atoms with Crippen molar-refractivity contribution in [3.05, 3.63) is 143 Å². The molecule has 1 nitrogen and oxygen atoms in total. The van der Waals surface area contributed by atoms with E-state index >= 15 is 0 Å². The second kappa shape index (κ2) is 10.7. The van der Waals surface area contributed by atoms with Crippen molar-refractivity contribution in [3.63, 3.8) is 0 Å². The first-order valence-corrected chi connectivity index (χ1v) is 17.5. The molecular formula is C47H40O. The topological polar surface area (TPSA) is 13.1 Å². The molecule has 0 saturated carbocycles. The molecule has 2 aliphatic rings. The van der Waals surface area contributed by atoms with Crippen LogP contribution in [0.2, 0.25) is 0 Å². The highest BCUT2D eigenvalue weighted by Crippen LogP contribution is 2.52. The van der Waals surface area contributed by atoms with Gasteiger partial charge in [0.15, 0.2) is 0 Å². The van der Waals surface area contributed by atoms with E-state index in [1.54, 1.807) is 0 Å². The molecule has 0 fully saturated rings. The predicted octanol–water partition coefficient (Wildman–Crippen LogP) is 13.5. The van der Waals surface area contributed by atoms with Crippen LogP contribution in [0, 0.1) is 0 Å². The SMILES string of the molecule is C/C=C\c1c(C(C)C)oc2ccc(-c3c4c(c(-c5ccc6c(c5)C(C)(C)c5cc7ccccc7cc5-6)c5ccccc35)CCC=C4)cc12. The van der Waals surface area contributed by atoms with Gasteiger partial charge in [0.05, 0.1) is 0 Å². The average molecular weight is 621 g/mol. The molecule has 0 bridgehead atoms. The fourth-order valence-electron chi connectivity index (χ4n) is 8.66. The van der Waals surface area contributed by atoms with Crippen molar-refractivity contribution in [1.29, 1.82) is 0 Å². The molecule has 0 aliphatic heterocycles. The molecule has 0 N–H and O–H groups in total. The Morgan fingerprint density at radius 1 is 0.708 bits per heavy atom. The molecule has 1 heteroatoms. The first kappa shape index (κ1) is 29.0. The predicted molar refractivity (Wildman–Crippen MR) is 206 cm³/mol. The summed E-state index contributed by atoms with van der Waals surface area (Å²) in [6.45, 7) is 11.3. The van der Waals surface area contributed by atoms with Crippen molar-refractivity contribution in [2.24, 2.45) is 0 Å². The van der Waals surface area contributed by atoms with E-state index in [1.165, 1.54) is 88.1 Å². The fourth-order valence-corrected chi connectivity index (χ4v) is 8.66. The van der Waals surface area contributed by atoms with Crippen LogP contribution < -0.4 is 0 Å². The van der Waals surface area contributed by atoms with Gasteiger partial charge < -0.3 is 4.42 Å². The molecule has 0 unspecified atom stereocenters. The molecule has 9 rings (SSSR count). The van der Waals surface area contributed by atoms with Gasteiger partial charge in [-0.1, -0.05) is 119 Å². The van der Waals surface area contributed by atoms with E-state index in [9.17, 15) is 0 Å². The van der Waals surface area contributed by atoms with E-state index in [-0.39, 0.29) is 5.41 Å². The standard InChI is InChI=1S/C47H40O/c1-6-13-38-40-25-31(21-23-43(40)48-46(38)28(2)3)44-34-16-9-11-18-36(34)45(37-19-12-10-17-35(37)44)32-20-22-33-39-24-29-14-7-8-15-30(29)26-42(39)47(4,5)41(33)27-32/h6-11,13-18,20-28H,12,19H2,1-5H3/b13-6-. The van der Waals surface area contributed by atoms with Crippen LogP contribution in [0.1, 0.15) is 80.5 Å². The van der Waals surface area contributed by atoms with Gasteiger partial charge in [0.1, 0.15) is 11.3 Å². The molecular weight excluding hydrogens is 581 g/mol. The zero-order valence-electron chi connectivity index (χ0n) is 28.4. The molecule has 0 radical (unpaired) electrons. The monoisotopic (exact) mass is 620 g/mol. The smallest absolute Gasteiger partial charge is 0.134 e. The third kappa shape index (κ3) is 4.16. The number of fused-ring (bicyclic) bond motifs is 7. The number of rotatable bonds is 4. The molecule has 2 aliphatic carbocycles. The van der Waals surface area contributed by atoms with Crippen LogP contribution in [0.25, 0.3) is 78.0 Å². The van der Waals surface area contributed by atoms with Crippen LogP contribution >= 0.6 is 0 Å². The largest absolute Gasteiger partial charge is 0.460 e. The molecule has 48 heavy (non-hydrogen) atoms. The van der Waals surface area contributed by atoms with Crippen LogP contribution in [-0.4, -0.2) is 0 Å². The Labute approximate surface area is 283 Å². The quantitative estimate of drug-likeness (QED) is 0.191. The molecule has 6 aromatic carbocycles. The van der Waals surface area contributed by atoms with E-state index in [0.717, 1.165) is 24.2 Å². The van der Waals surface area contributed by atoms with Gasteiger partial charge in [-0.15, -0.1) is 0 Å². The number of benzene rings is 6. The molecule has 7 aromatic rings. The lowest BCUT2D eigenvalue weighted by Crippen LogP contribution is -2.15. The maximum Gasteiger partial charge on any atom is 0.134 e. The Morgan fingerprint density at radius 3 is 2.17 bits per heavy atom. The van der Waals surface area contributed by atoms with Gasteiger partial charge in [-0.2, -0.15) is 0 Å². The summed E-state index contributed by atoms with van der Waals surface area (Å²) >= 11 is 0. The third-order valence-corrected chi connectivity index (χ3v) is 10.9. The Balaban J connectivity index is 1.28. The first-order chi connectivity index (χ1) is 23.3.